The van der Waals surface area contributed by atoms with Gasteiger partial charge in [-0.3, -0.25) is 0 Å². The van der Waals surface area contributed by atoms with Gasteiger partial charge in [0.25, 0.3) is 0 Å². The minimum Gasteiger partial charge on any atom is -0.480 e. The van der Waals surface area contributed by atoms with Crippen LogP contribution in [0.1, 0.15) is 26.7 Å². The number of hydrogen-bond acceptors (Lipinski definition) is 2. The number of rotatable bonds is 3. The average molecular weight is 226 g/mol. The summed E-state index contributed by atoms with van der Waals surface area (Å²) in [4.78, 5) is 24.1. The molecule has 0 radical (unpaired) electrons. The van der Waals surface area contributed by atoms with Crippen molar-refractivity contribution in [2.45, 2.75) is 32.7 Å². The van der Waals surface area contributed by atoms with E-state index in [1.165, 1.54) is 5.57 Å². The second kappa shape index (κ2) is 5.53. The monoisotopic (exact) mass is 226 g/mol. The van der Waals surface area contributed by atoms with E-state index in [0.717, 1.165) is 6.42 Å². The maximum Gasteiger partial charge on any atom is 0.326 e. The van der Waals surface area contributed by atoms with E-state index in [0.29, 0.717) is 19.5 Å². The Kier molecular flexibility index (Phi) is 4.34. The summed E-state index contributed by atoms with van der Waals surface area (Å²) in [5.74, 6) is -0.986. The van der Waals surface area contributed by atoms with Gasteiger partial charge in [-0.1, -0.05) is 18.6 Å². The normalized spacial score (nSPS) is 17.6. The second-order valence-electron chi connectivity index (χ2n) is 4.00. The number of nitrogens with one attached hydrogen (secondary N) is 1. The number of aliphatic carboxylic acids is 1. The highest BCUT2D eigenvalue weighted by atomic mass is 16.4. The molecule has 0 unspecified atom stereocenters. The highest BCUT2D eigenvalue weighted by molar-refractivity contribution is 5.82. The summed E-state index contributed by atoms with van der Waals surface area (Å²) < 4.78 is 0. The van der Waals surface area contributed by atoms with Crippen molar-refractivity contribution in [3.63, 3.8) is 0 Å². The number of urea groups is 1. The molecule has 90 valence electrons. The van der Waals surface area contributed by atoms with Gasteiger partial charge in [0.1, 0.15) is 6.04 Å². The summed E-state index contributed by atoms with van der Waals surface area (Å²) >= 11 is 0. The molecule has 0 bridgehead atoms. The fourth-order valence-corrected chi connectivity index (χ4v) is 1.53. The molecule has 0 saturated heterocycles. The molecule has 1 aliphatic rings. The van der Waals surface area contributed by atoms with Crippen molar-refractivity contribution in [1.29, 1.82) is 0 Å². The van der Waals surface area contributed by atoms with E-state index < -0.39 is 12.0 Å². The van der Waals surface area contributed by atoms with E-state index in [-0.39, 0.29) is 6.03 Å². The molecule has 0 aromatic carbocycles. The van der Waals surface area contributed by atoms with Crippen molar-refractivity contribution in [3.05, 3.63) is 11.6 Å². The number of carbonyl (C=O) groups excluding carboxylic acids is 1. The molecule has 0 fully saturated rings. The lowest BCUT2D eigenvalue weighted by Crippen LogP contribution is -2.48. The lowest BCUT2D eigenvalue weighted by Gasteiger charge is -2.27. The number of nitrogens with zero attached hydrogens (tertiary/aromatic N) is 1. The van der Waals surface area contributed by atoms with Gasteiger partial charge in [0, 0.05) is 13.1 Å². The molecule has 2 N–H and O–H groups in total. The first-order valence-electron chi connectivity index (χ1n) is 5.48. The van der Waals surface area contributed by atoms with Gasteiger partial charge >= 0.3 is 12.0 Å². The Morgan fingerprint density at radius 3 is 2.75 bits per heavy atom. The van der Waals surface area contributed by atoms with E-state index >= 15 is 0 Å². The fraction of sp³-hybridized carbons (Fsp3) is 0.636. The molecule has 0 spiro atoms. The molecule has 1 atom stereocenters. The summed E-state index contributed by atoms with van der Waals surface area (Å²) in [6, 6.07) is -1.09. The number of carboxylic acid groups (broad SMARTS) is 1. The Balaban J connectivity index is 2.49. The zero-order chi connectivity index (χ0) is 12.1. The molecule has 0 aromatic rings. The number of hydrogen-bond donors (Lipinski definition) is 2. The minimum absolute atomic E-state index is 0.294. The van der Waals surface area contributed by atoms with Gasteiger partial charge in [0.2, 0.25) is 0 Å². The van der Waals surface area contributed by atoms with Gasteiger partial charge in [-0.15, -0.1) is 0 Å². The third kappa shape index (κ3) is 3.25. The Hall–Kier alpha value is -1.52. The molecule has 16 heavy (non-hydrogen) atoms. The zero-order valence-corrected chi connectivity index (χ0v) is 9.69. The molecule has 0 aromatic heterocycles. The molecular formula is C11H18N2O3. The summed E-state index contributed by atoms with van der Waals surface area (Å²) in [5, 5.41) is 11.3. The third-order valence-electron chi connectivity index (χ3n) is 2.73. The molecule has 5 heteroatoms. The molecule has 0 saturated carbocycles. The fourth-order valence-electron chi connectivity index (χ4n) is 1.53. The first-order valence-corrected chi connectivity index (χ1v) is 5.48. The largest absolute Gasteiger partial charge is 0.480 e. The average Bonchev–Trinajstić information content (AvgIpc) is 2.26. The van der Waals surface area contributed by atoms with Crippen LogP contribution in [-0.4, -0.2) is 41.1 Å². The second-order valence-corrected chi connectivity index (χ2v) is 4.00. The van der Waals surface area contributed by atoms with E-state index in [1.54, 1.807) is 11.8 Å². The molecular weight excluding hydrogens is 208 g/mol. The van der Waals surface area contributed by atoms with Gasteiger partial charge < -0.3 is 15.3 Å². The van der Waals surface area contributed by atoms with Gasteiger partial charge in [0.15, 0.2) is 0 Å². The SMILES string of the molecule is CC[C@@H](NC(=O)N1CC=C(C)CC1)C(=O)O. The van der Waals surface area contributed by atoms with Crippen LogP contribution >= 0.6 is 0 Å². The molecule has 0 aliphatic carbocycles. The maximum absolute atomic E-state index is 11.7. The van der Waals surface area contributed by atoms with E-state index in [1.807, 2.05) is 13.0 Å². The summed E-state index contributed by atoms with van der Waals surface area (Å²) in [6.45, 7) is 4.98. The highest BCUT2D eigenvalue weighted by Crippen LogP contribution is 2.09. The van der Waals surface area contributed by atoms with Crippen LogP contribution < -0.4 is 5.32 Å². The minimum atomic E-state index is -0.986. The Morgan fingerprint density at radius 1 is 1.62 bits per heavy atom. The first kappa shape index (κ1) is 12.5. The quantitative estimate of drug-likeness (QED) is 0.711. The number of amides is 2. The van der Waals surface area contributed by atoms with Crippen LogP contribution in [0.4, 0.5) is 4.79 Å². The molecule has 1 aliphatic heterocycles. The van der Waals surface area contributed by atoms with Gasteiger partial charge in [-0.05, 0) is 19.8 Å². The molecule has 2 amide bonds. The number of carboxylic acids is 1. The third-order valence-corrected chi connectivity index (χ3v) is 2.73. The van der Waals surface area contributed by atoms with Gasteiger partial charge in [0.05, 0.1) is 0 Å². The van der Waals surface area contributed by atoms with Gasteiger partial charge in [-0.2, -0.15) is 0 Å². The van der Waals surface area contributed by atoms with Crippen LogP contribution in [0.2, 0.25) is 0 Å². The van der Waals surface area contributed by atoms with Crippen molar-refractivity contribution in [2.24, 2.45) is 0 Å². The van der Waals surface area contributed by atoms with Crippen molar-refractivity contribution in [3.8, 4) is 0 Å². The smallest absolute Gasteiger partial charge is 0.326 e. The molecule has 1 heterocycles. The zero-order valence-electron chi connectivity index (χ0n) is 9.69. The van der Waals surface area contributed by atoms with Crippen molar-refractivity contribution < 1.29 is 14.7 Å². The summed E-state index contributed by atoms with van der Waals surface area (Å²) in [7, 11) is 0. The maximum atomic E-state index is 11.7. The van der Waals surface area contributed by atoms with Crippen molar-refractivity contribution in [1.82, 2.24) is 10.2 Å². The Labute approximate surface area is 95.1 Å². The predicted molar refractivity (Wildman–Crippen MR) is 60.2 cm³/mol. The highest BCUT2D eigenvalue weighted by Gasteiger charge is 2.22. The first-order chi connectivity index (χ1) is 7.54. The summed E-state index contributed by atoms with van der Waals surface area (Å²) in [5.41, 5.74) is 1.27. The van der Waals surface area contributed by atoms with Gasteiger partial charge in [-0.25, -0.2) is 9.59 Å². The Morgan fingerprint density at radius 2 is 2.31 bits per heavy atom. The topological polar surface area (TPSA) is 69.6 Å². The van der Waals surface area contributed by atoms with E-state index in [9.17, 15) is 9.59 Å². The number of carbonyl (C=O) groups is 2. The van der Waals surface area contributed by atoms with Crippen molar-refractivity contribution >= 4 is 12.0 Å². The standard InChI is InChI=1S/C11H18N2O3/c1-3-9(10(14)15)12-11(16)13-6-4-8(2)5-7-13/h4,9H,3,5-7H2,1-2H3,(H,12,16)(H,14,15)/t9-/m1/s1. The van der Waals surface area contributed by atoms with E-state index in [4.69, 9.17) is 5.11 Å². The van der Waals surface area contributed by atoms with Crippen LogP contribution in [0.15, 0.2) is 11.6 Å². The lowest BCUT2D eigenvalue weighted by molar-refractivity contribution is -0.139. The summed E-state index contributed by atoms with van der Waals surface area (Å²) in [6.07, 6.45) is 3.24. The van der Waals surface area contributed by atoms with Crippen LogP contribution in [0.3, 0.4) is 0 Å². The Bertz CT molecular complexity index is 312. The van der Waals surface area contributed by atoms with Crippen LogP contribution in [-0.2, 0) is 4.79 Å². The van der Waals surface area contributed by atoms with Crippen molar-refractivity contribution in [2.75, 3.05) is 13.1 Å². The molecule has 1 rings (SSSR count). The van der Waals surface area contributed by atoms with E-state index in [2.05, 4.69) is 5.32 Å². The molecule has 5 nitrogen and oxygen atoms in total. The predicted octanol–water partition coefficient (Wildman–Crippen LogP) is 1.21. The van der Waals surface area contributed by atoms with Crippen LogP contribution in [0.5, 0.6) is 0 Å². The lowest BCUT2D eigenvalue weighted by atomic mass is 10.1. The van der Waals surface area contributed by atoms with Crippen LogP contribution in [0.25, 0.3) is 0 Å². The van der Waals surface area contributed by atoms with Crippen LogP contribution in [0, 0.1) is 0 Å².